The van der Waals surface area contributed by atoms with Crippen molar-refractivity contribution in [3.63, 3.8) is 0 Å². The Balaban J connectivity index is 2.02. The van der Waals surface area contributed by atoms with Gasteiger partial charge in [0.05, 0.1) is 16.5 Å². The molecule has 13 heteroatoms. The van der Waals surface area contributed by atoms with Crippen LogP contribution < -0.4 is 10.6 Å². The monoisotopic (exact) mass is 572 g/mol. The van der Waals surface area contributed by atoms with Crippen LogP contribution in [0.2, 0.25) is 0 Å². The fourth-order valence-electron chi connectivity index (χ4n) is 6.66. The van der Waals surface area contributed by atoms with Gasteiger partial charge in [-0.2, -0.15) is 0 Å². The Kier molecular flexibility index (Phi) is 7.65. The van der Waals surface area contributed by atoms with Gasteiger partial charge in [0.15, 0.2) is 11.4 Å². The number of hydrogen-bond donors (Lipinski definition) is 5. The minimum Gasteiger partial charge on any atom is -0.508 e. The molecule has 0 saturated heterocycles. The topological polar surface area (TPSA) is 208 Å². The number of likely N-dealkylation sites (N-methyl/N-ethyl adjacent to an activating group) is 1. The van der Waals surface area contributed by atoms with Crippen molar-refractivity contribution in [2.24, 2.45) is 17.6 Å². The molecule has 2 unspecified atom stereocenters. The molecule has 4 atom stereocenters. The van der Waals surface area contributed by atoms with E-state index in [0.717, 1.165) is 12.8 Å². The number of phenolic OH excluding ortho intramolecular Hbond substituents is 1. The molecule has 1 fully saturated rings. The number of anilines is 1. The molecular weight excluding hydrogens is 536 g/mol. The zero-order chi connectivity index (χ0) is 30.7. The number of carbonyl (C=O) groups excluding carboxylic acids is 3. The molecule has 41 heavy (non-hydrogen) atoms. The van der Waals surface area contributed by atoms with Crippen LogP contribution in [0.4, 0.5) is 11.4 Å². The molecule has 1 aromatic rings. The number of fused-ring (bicyclic) bond motifs is 3. The molecule has 13 nitrogen and oxygen atoms in total. The number of amides is 1. The lowest BCUT2D eigenvalue weighted by atomic mass is 9.57. The number of nitrogens with zero attached hydrogens (tertiary/aromatic N) is 3. The minimum atomic E-state index is -2.78. The zero-order valence-electron chi connectivity index (χ0n) is 23.7. The van der Waals surface area contributed by atoms with Gasteiger partial charge in [0.1, 0.15) is 17.1 Å². The summed E-state index contributed by atoms with van der Waals surface area (Å²) in [5.41, 5.74) is 1.15. The van der Waals surface area contributed by atoms with Crippen LogP contribution in [0.15, 0.2) is 23.0 Å². The predicted octanol–water partition coefficient (Wildman–Crippen LogP) is 1.89. The molecule has 1 aromatic carbocycles. The van der Waals surface area contributed by atoms with Crippen molar-refractivity contribution in [1.82, 2.24) is 4.90 Å². The third-order valence-corrected chi connectivity index (χ3v) is 8.56. The Labute approximate surface area is 236 Å². The maximum Gasteiger partial charge on any atom is 0.313 e. The first-order chi connectivity index (χ1) is 19.1. The number of aliphatic hydroxyl groups is 3. The number of aliphatic hydroxyl groups excluding tert-OH is 2. The first kappa shape index (κ1) is 30.0. The van der Waals surface area contributed by atoms with E-state index in [1.165, 1.54) is 25.1 Å². The number of nitro benzene ring substituents is 1. The van der Waals surface area contributed by atoms with Crippen molar-refractivity contribution in [1.29, 1.82) is 0 Å². The van der Waals surface area contributed by atoms with Crippen LogP contribution in [0.1, 0.15) is 51.2 Å². The number of phenols is 1. The third kappa shape index (κ3) is 4.34. The Morgan fingerprint density at radius 2 is 1.88 bits per heavy atom. The zero-order valence-corrected chi connectivity index (χ0v) is 23.7. The molecule has 0 heterocycles. The molecule has 6 N–H and O–H groups in total. The SMILES string of the molecule is CCCCN(c1cc([N+](=O)[O-])c(O)c2c1CC1CC3[C@H](N(C)C)C(=O)C(C(N)=O)=C(O)[C@@]3(O)C(=O)C1=C2O)C(C)C. The van der Waals surface area contributed by atoms with E-state index in [1.807, 2.05) is 25.7 Å². The largest absolute Gasteiger partial charge is 0.508 e. The Hall–Kier alpha value is -3.97. The average Bonchev–Trinajstić information content (AvgIpc) is 2.86. The van der Waals surface area contributed by atoms with Gasteiger partial charge in [-0.25, -0.2) is 0 Å². The number of carbonyl (C=O) groups is 3. The van der Waals surface area contributed by atoms with Gasteiger partial charge in [-0.15, -0.1) is 0 Å². The number of Topliss-reactive ketones (excluding diaryl/α,β-unsaturated/α-hetero) is 2. The standard InChI is InChI=1S/C28H36N4O9/c1-6-7-8-31(12(2)3)16-11-17(32(40)41)22(33)19-14(16)9-13-10-15-21(30(4)5)24(35)20(27(29)38)26(37)28(15,39)25(36)18(13)23(19)34/h11-13,15,21,33-34,37,39H,6-10H2,1-5H3,(H2,29,38)/t13?,15?,21-,28-/m0/s1. The van der Waals surface area contributed by atoms with E-state index in [4.69, 9.17) is 5.73 Å². The second-order valence-electron chi connectivity index (χ2n) is 11.5. The van der Waals surface area contributed by atoms with E-state index in [-0.39, 0.29) is 30.0 Å². The highest BCUT2D eigenvalue weighted by Crippen LogP contribution is 2.55. The van der Waals surface area contributed by atoms with Crippen LogP contribution in [-0.4, -0.2) is 86.0 Å². The van der Waals surface area contributed by atoms with Gasteiger partial charge < -0.3 is 31.1 Å². The van der Waals surface area contributed by atoms with Crippen molar-refractivity contribution >= 4 is 34.6 Å². The molecule has 222 valence electrons. The Morgan fingerprint density at radius 3 is 2.39 bits per heavy atom. The summed E-state index contributed by atoms with van der Waals surface area (Å²) in [5.74, 6) is -8.11. The lowest BCUT2D eigenvalue weighted by Gasteiger charge is -2.50. The van der Waals surface area contributed by atoms with Crippen molar-refractivity contribution in [2.45, 2.75) is 64.1 Å². The molecule has 0 radical (unpaired) electrons. The van der Waals surface area contributed by atoms with E-state index < -0.39 is 74.4 Å². The maximum absolute atomic E-state index is 14.0. The van der Waals surface area contributed by atoms with Crippen LogP contribution in [-0.2, 0) is 20.8 Å². The molecule has 0 bridgehead atoms. The lowest BCUT2D eigenvalue weighted by Crippen LogP contribution is -2.65. The minimum absolute atomic E-state index is 0.0464. The van der Waals surface area contributed by atoms with E-state index >= 15 is 0 Å². The van der Waals surface area contributed by atoms with E-state index in [0.29, 0.717) is 17.8 Å². The molecule has 1 saturated carbocycles. The smallest absolute Gasteiger partial charge is 0.313 e. The van der Waals surface area contributed by atoms with E-state index in [2.05, 4.69) is 0 Å². The summed E-state index contributed by atoms with van der Waals surface area (Å²) in [5, 5.41) is 57.1. The summed E-state index contributed by atoms with van der Waals surface area (Å²) in [4.78, 5) is 53.9. The van der Waals surface area contributed by atoms with Crippen molar-refractivity contribution in [3.05, 3.63) is 44.2 Å². The first-order valence-electron chi connectivity index (χ1n) is 13.6. The van der Waals surface area contributed by atoms with Gasteiger partial charge in [-0.05, 0) is 58.7 Å². The molecular formula is C28H36N4O9. The molecule has 3 aliphatic rings. The highest BCUT2D eigenvalue weighted by Gasteiger charge is 2.64. The number of rotatable bonds is 8. The lowest BCUT2D eigenvalue weighted by molar-refractivity contribution is -0.385. The van der Waals surface area contributed by atoms with Crippen LogP contribution in [0.5, 0.6) is 5.75 Å². The van der Waals surface area contributed by atoms with Gasteiger partial charge in [0, 0.05) is 35.8 Å². The number of benzene rings is 1. The summed E-state index contributed by atoms with van der Waals surface area (Å²) in [6, 6.07) is -0.0403. The van der Waals surface area contributed by atoms with Crippen LogP contribution in [0.3, 0.4) is 0 Å². The van der Waals surface area contributed by atoms with Crippen molar-refractivity contribution in [3.8, 4) is 5.75 Å². The highest BCUT2D eigenvalue weighted by molar-refractivity contribution is 6.24. The van der Waals surface area contributed by atoms with Crippen LogP contribution in [0, 0.1) is 22.0 Å². The number of nitro groups is 1. The van der Waals surface area contributed by atoms with E-state index in [1.54, 1.807) is 0 Å². The predicted molar refractivity (Wildman–Crippen MR) is 148 cm³/mol. The summed E-state index contributed by atoms with van der Waals surface area (Å²) in [7, 11) is 3.05. The number of hydrogen-bond acceptors (Lipinski definition) is 11. The van der Waals surface area contributed by atoms with Gasteiger partial charge in [0.25, 0.3) is 5.91 Å². The highest BCUT2D eigenvalue weighted by atomic mass is 16.6. The summed E-state index contributed by atoms with van der Waals surface area (Å²) < 4.78 is 0. The number of nitrogens with two attached hydrogens (primary N) is 1. The fourth-order valence-corrected chi connectivity index (χ4v) is 6.66. The average molecular weight is 573 g/mol. The molecule has 3 aliphatic carbocycles. The van der Waals surface area contributed by atoms with Crippen molar-refractivity contribution in [2.75, 3.05) is 25.5 Å². The molecule has 0 aromatic heterocycles. The summed E-state index contributed by atoms with van der Waals surface area (Å²) in [6.07, 6.45) is 1.60. The van der Waals surface area contributed by atoms with Crippen LogP contribution >= 0.6 is 0 Å². The summed E-state index contributed by atoms with van der Waals surface area (Å²) >= 11 is 0. The molecule has 0 spiro atoms. The summed E-state index contributed by atoms with van der Waals surface area (Å²) in [6.45, 7) is 6.37. The second kappa shape index (κ2) is 10.5. The van der Waals surface area contributed by atoms with Gasteiger partial charge in [-0.3, -0.25) is 29.4 Å². The first-order valence-corrected chi connectivity index (χ1v) is 13.6. The Morgan fingerprint density at radius 1 is 1.24 bits per heavy atom. The fraction of sp³-hybridized carbons (Fsp3) is 0.536. The Bertz CT molecular complexity index is 1410. The number of primary amides is 1. The third-order valence-electron chi connectivity index (χ3n) is 8.56. The van der Waals surface area contributed by atoms with Crippen LogP contribution in [0.25, 0.3) is 5.76 Å². The van der Waals surface area contributed by atoms with E-state index in [9.17, 15) is 44.9 Å². The normalized spacial score (nSPS) is 25.8. The number of unbranched alkanes of at least 4 members (excludes halogenated alkanes) is 1. The quantitative estimate of drug-likeness (QED) is 0.173. The molecule has 1 amide bonds. The number of aromatic hydroxyl groups is 1. The maximum atomic E-state index is 14.0. The van der Waals surface area contributed by atoms with Gasteiger partial charge in [-0.1, -0.05) is 13.3 Å². The number of ketones is 2. The second-order valence-corrected chi connectivity index (χ2v) is 11.5. The van der Waals surface area contributed by atoms with Crippen molar-refractivity contribution < 1.29 is 39.7 Å². The van der Waals surface area contributed by atoms with Gasteiger partial charge in [0.2, 0.25) is 11.5 Å². The molecule has 0 aliphatic heterocycles. The van der Waals surface area contributed by atoms with Gasteiger partial charge >= 0.3 is 5.69 Å². The molecule has 4 rings (SSSR count).